The lowest BCUT2D eigenvalue weighted by atomic mass is 10.1. The number of nitrogens with zero attached hydrogens (tertiary/aromatic N) is 1. The van der Waals surface area contributed by atoms with Crippen LogP contribution in [-0.4, -0.2) is 23.3 Å². The normalized spacial score (nSPS) is 14.5. The molecule has 0 aliphatic heterocycles. The Bertz CT molecular complexity index is 560. The number of thiophene rings is 1. The standard InChI is InChI=1S/C18H21NOS/c20-18(16-5-2-1-3-6-16)7-4-11-19(17-8-9-17)13-15-10-12-21-14-15/h1-3,5-6,10,12,14,17H,4,7-9,11,13H2. The predicted molar refractivity (Wildman–Crippen MR) is 87.8 cm³/mol. The van der Waals surface area contributed by atoms with E-state index in [1.165, 1.54) is 18.4 Å². The van der Waals surface area contributed by atoms with Crippen LogP contribution in [0.1, 0.15) is 41.6 Å². The molecule has 110 valence electrons. The third-order valence-corrected chi connectivity index (χ3v) is 4.71. The summed E-state index contributed by atoms with van der Waals surface area (Å²) in [5.41, 5.74) is 2.24. The molecule has 1 aliphatic rings. The molecule has 0 radical (unpaired) electrons. The molecule has 1 aromatic heterocycles. The molecule has 3 heteroatoms. The summed E-state index contributed by atoms with van der Waals surface area (Å²) in [6, 6.07) is 12.6. The monoisotopic (exact) mass is 299 g/mol. The minimum Gasteiger partial charge on any atom is -0.296 e. The van der Waals surface area contributed by atoms with Gasteiger partial charge in [-0.05, 0) is 48.2 Å². The van der Waals surface area contributed by atoms with Crippen molar-refractivity contribution in [2.75, 3.05) is 6.54 Å². The van der Waals surface area contributed by atoms with E-state index in [2.05, 4.69) is 21.7 Å². The van der Waals surface area contributed by atoms with Gasteiger partial charge in [0, 0.05) is 24.6 Å². The Kier molecular flexibility index (Phi) is 4.84. The summed E-state index contributed by atoms with van der Waals surface area (Å²) in [5.74, 6) is 0.266. The second kappa shape index (κ2) is 7.01. The van der Waals surface area contributed by atoms with Crippen LogP contribution in [0, 0.1) is 0 Å². The molecule has 1 saturated carbocycles. The van der Waals surface area contributed by atoms with Gasteiger partial charge in [0.25, 0.3) is 0 Å². The second-order valence-corrected chi connectivity index (χ2v) is 6.51. The van der Waals surface area contributed by atoms with Crippen molar-refractivity contribution >= 4 is 17.1 Å². The van der Waals surface area contributed by atoms with Crippen LogP contribution in [0.15, 0.2) is 47.2 Å². The summed E-state index contributed by atoms with van der Waals surface area (Å²) in [7, 11) is 0. The average molecular weight is 299 g/mol. The SMILES string of the molecule is O=C(CCCN(Cc1ccsc1)C1CC1)c1ccccc1. The molecule has 0 bridgehead atoms. The quantitative estimate of drug-likeness (QED) is 0.674. The first-order chi connectivity index (χ1) is 10.3. The summed E-state index contributed by atoms with van der Waals surface area (Å²) in [4.78, 5) is 14.7. The van der Waals surface area contributed by atoms with E-state index in [0.29, 0.717) is 6.42 Å². The maximum absolute atomic E-state index is 12.1. The number of carbonyl (C=O) groups is 1. The van der Waals surface area contributed by atoms with Crippen molar-refractivity contribution < 1.29 is 4.79 Å². The van der Waals surface area contributed by atoms with Gasteiger partial charge in [-0.2, -0.15) is 11.3 Å². The van der Waals surface area contributed by atoms with Crippen LogP contribution in [0.25, 0.3) is 0 Å². The Balaban J connectivity index is 1.47. The molecule has 0 amide bonds. The van der Waals surface area contributed by atoms with Gasteiger partial charge in [-0.1, -0.05) is 30.3 Å². The zero-order chi connectivity index (χ0) is 14.5. The lowest BCUT2D eigenvalue weighted by Gasteiger charge is -2.21. The Morgan fingerprint density at radius 2 is 2.00 bits per heavy atom. The third-order valence-electron chi connectivity index (χ3n) is 3.97. The fourth-order valence-electron chi connectivity index (χ4n) is 2.66. The largest absolute Gasteiger partial charge is 0.296 e. The zero-order valence-electron chi connectivity index (χ0n) is 12.2. The van der Waals surface area contributed by atoms with Gasteiger partial charge in [0.15, 0.2) is 5.78 Å². The van der Waals surface area contributed by atoms with Gasteiger partial charge in [0.1, 0.15) is 0 Å². The fourth-order valence-corrected chi connectivity index (χ4v) is 3.32. The van der Waals surface area contributed by atoms with Crippen molar-refractivity contribution in [3.63, 3.8) is 0 Å². The molecule has 1 aliphatic carbocycles. The molecular formula is C18H21NOS. The first-order valence-electron chi connectivity index (χ1n) is 7.66. The number of hydrogen-bond acceptors (Lipinski definition) is 3. The van der Waals surface area contributed by atoms with Crippen molar-refractivity contribution in [3.05, 3.63) is 58.3 Å². The molecule has 0 saturated heterocycles. The molecule has 0 N–H and O–H groups in total. The molecule has 0 unspecified atom stereocenters. The minimum absolute atomic E-state index is 0.266. The number of Topliss-reactive ketones (excluding diaryl/α,β-unsaturated/α-hetero) is 1. The van der Waals surface area contributed by atoms with Crippen molar-refractivity contribution in [1.82, 2.24) is 4.90 Å². The van der Waals surface area contributed by atoms with Gasteiger partial charge in [-0.25, -0.2) is 0 Å². The zero-order valence-corrected chi connectivity index (χ0v) is 13.0. The molecule has 0 spiro atoms. The smallest absolute Gasteiger partial charge is 0.162 e. The van der Waals surface area contributed by atoms with E-state index < -0.39 is 0 Å². The minimum atomic E-state index is 0.266. The Hall–Kier alpha value is -1.45. The number of benzene rings is 1. The van der Waals surface area contributed by atoms with Crippen LogP contribution in [0.2, 0.25) is 0 Å². The van der Waals surface area contributed by atoms with Crippen molar-refractivity contribution in [3.8, 4) is 0 Å². The average Bonchev–Trinajstić information content (AvgIpc) is 3.24. The first kappa shape index (κ1) is 14.5. The Labute approximate surface area is 130 Å². The van der Waals surface area contributed by atoms with Crippen molar-refractivity contribution in [1.29, 1.82) is 0 Å². The van der Waals surface area contributed by atoms with E-state index in [-0.39, 0.29) is 5.78 Å². The van der Waals surface area contributed by atoms with Gasteiger partial charge >= 0.3 is 0 Å². The number of ketones is 1. The van der Waals surface area contributed by atoms with Gasteiger partial charge in [-0.15, -0.1) is 0 Å². The van der Waals surface area contributed by atoms with Crippen LogP contribution in [0.5, 0.6) is 0 Å². The van der Waals surface area contributed by atoms with Gasteiger partial charge < -0.3 is 0 Å². The highest BCUT2D eigenvalue weighted by Gasteiger charge is 2.28. The van der Waals surface area contributed by atoms with E-state index >= 15 is 0 Å². The van der Waals surface area contributed by atoms with Crippen molar-refractivity contribution in [2.24, 2.45) is 0 Å². The molecule has 1 aromatic carbocycles. The molecule has 1 fully saturated rings. The summed E-state index contributed by atoms with van der Waals surface area (Å²) in [6.07, 6.45) is 4.23. The Morgan fingerprint density at radius 1 is 1.19 bits per heavy atom. The fraction of sp³-hybridized carbons (Fsp3) is 0.389. The maximum Gasteiger partial charge on any atom is 0.162 e. The molecule has 0 atom stereocenters. The third kappa shape index (κ3) is 4.26. The highest BCUT2D eigenvalue weighted by molar-refractivity contribution is 7.07. The van der Waals surface area contributed by atoms with Gasteiger partial charge in [0.05, 0.1) is 0 Å². The summed E-state index contributed by atoms with van der Waals surface area (Å²) >= 11 is 1.76. The van der Waals surface area contributed by atoms with Crippen LogP contribution in [0.3, 0.4) is 0 Å². The lowest BCUT2D eigenvalue weighted by molar-refractivity contribution is 0.0973. The van der Waals surface area contributed by atoms with Crippen LogP contribution >= 0.6 is 11.3 Å². The van der Waals surface area contributed by atoms with E-state index in [4.69, 9.17) is 0 Å². The number of hydrogen-bond donors (Lipinski definition) is 0. The first-order valence-corrected chi connectivity index (χ1v) is 8.60. The highest BCUT2D eigenvalue weighted by atomic mass is 32.1. The number of rotatable bonds is 8. The number of carbonyl (C=O) groups excluding carboxylic acids is 1. The van der Waals surface area contributed by atoms with E-state index in [1.54, 1.807) is 11.3 Å². The summed E-state index contributed by atoms with van der Waals surface area (Å²) in [6.45, 7) is 2.06. The Morgan fingerprint density at radius 3 is 2.67 bits per heavy atom. The molecule has 2 aromatic rings. The second-order valence-electron chi connectivity index (χ2n) is 5.73. The molecule has 3 rings (SSSR count). The van der Waals surface area contributed by atoms with E-state index in [9.17, 15) is 4.79 Å². The predicted octanol–water partition coefficient (Wildman–Crippen LogP) is 4.38. The lowest BCUT2D eigenvalue weighted by Crippen LogP contribution is -2.26. The summed E-state index contributed by atoms with van der Waals surface area (Å²) < 4.78 is 0. The molecular weight excluding hydrogens is 278 g/mol. The molecule has 2 nitrogen and oxygen atoms in total. The van der Waals surface area contributed by atoms with Crippen molar-refractivity contribution in [2.45, 2.75) is 38.3 Å². The van der Waals surface area contributed by atoms with Crippen LogP contribution in [0.4, 0.5) is 0 Å². The molecule has 21 heavy (non-hydrogen) atoms. The summed E-state index contributed by atoms with van der Waals surface area (Å²) in [5, 5.41) is 4.36. The topological polar surface area (TPSA) is 20.3 Å². The van der Waals surface area contributed by atoms with E-state index in [0.717, 1.165) is 31.1 Å². The van der Waals surface area contributed by atoms with Crippen LogP contribution < -0.4 is 0 Å². The highest BCUT2D eigenvalue weighted by Crippen LogP contribution is 2.29. The van der Waals surface area contributed by atoms with Crippen LogP contribution in [-0.2, 0) is 6.54 Å². The van der Waals surface area contributed by atoms with Gasteiger partial charge in [0.2, 0.25) is 0 Å². The maximum atomic E-state index is 12.1. The van der Waals surface area contributed by atoms with Gasteiger partial charge in [-0.3, -0.25) is 9.69 Å². The van der Waals surface area contributed by atoms with E-state index in [1.807, 2.05) is 30.3 Å². The molecule has 1 heterocycles.